The molecule has 2 aromatic rings. The molecule has 6 heteroatoms. The van der Waals surface area contributed by atoms with E-state index in [2.05, 4.69) is 11.1 Å². The summed E-state index contributed by atoms with van der Waals surface area (Å²) in [5, 5.41) is 0. The third-order valence-electron chi connectivity index (χ3n) is 6.55. The Labute approximate surface area is 176 Å². The third kappa shape index (κ3) is 3.63. The zero-order valence-corrected chi connectivity index (χ0v) is 17.1. The van der Waals surface area contributed by atoms with Crippen LogP contribution in [0.2, 0.25) is 0 Å². The minimum Gasteiger partial charge on any atom is -0.331 e. The summed E-state index contributed by atoms with van der Waals surface area (Å²) in [4.78, 5) is 31.6. The summed E-state index contributed by atoms with van der Waals surface area (Å²) in [7, 11) is 0. The quantitative estimate of drug-likeness (QED) is 0.628. The molecule has 5 rings (SSSR count). The van der Waals surface area contributed by atoms with E-state index < -0.39 is 0 Å². The molecule has 1 unspecified atom stereocenters. The van der Waals surface area contributed by atoms with Crippen LogP contribution in [0, 0.1) is 5.92 Å². The van der Waals surface area contributed by atoms with E-state index in [0.717, 1.165) is 44.1 Å². The van der Waals surface area contributed by atoms with Gasteiger partial charge in [-0.1, -0.05) is 24.3 Å². The number of amidine groups is 1. The first-order valence-corrected chi connectivity index (χ1v) is 10.9. The molecular formula is C24H28N4O2+2. The van der Waals surface area contributed by atoms with Crippen molar-refractivity contribution in [1.29, 1.82) is 0 Å². The van der Waals surface area contributed by atoms with Crippen LogP contribution in [0.25, 0.3) is 0 Å². The summed E-state index contributed by atoms with van der Waals surface area (Å²) in [5.41, 5.74) is 2.35. The van der Waals surface area contributed by atoms with Gasteiger partial charge in [0.25, 0.3) is 11.4 Å². The van der Waals surface area contributed by atoms with E-state index in [1.54, 1.807) is 12.1 Å². The molecule has 1 aromatic heterocycles. The molecule has 1 amide bonds. The van der Waals surface area contributed by atoms with Gasteiger partial charge in [0.2, 0.25) is 0 Å². The molecule has 4 heterocycles. The Bertz CT molecular complexity index is 1060. The first-order valence-electron chi connectivity index (χ1n) is 10.9. The fourth-order valence-corrected chi connectivity index (χ4v) is 5.27. The van der Waals surface area contributed by atoms with Gasteiger partial charge < -0.3 is 9.47 Å². The predicted molar refractivity (Wildman–Crippen MR) is 114 cm³/mol. The molecule has 154 valence electrons. The zero-order chi connectivity index (χ0) is 20.5. The molecule has 1 saturated heterocycles. The minimum atomic E-state index is 0.0346. The summed E-state index contributed by atoms with van der Waals surface area (Å²) in [6.07, 6.45) is 4.92. The maximum atomic E-state index is 12.8. The van der Waals surface area contributed by atoms with Crippen LogP contribution in [0.15, 0.2) is 65.5 Å². The van der Waals surface area contributed by atoms with E-state index in [1.165, 1.54) is 17.0 Å². The number of carbonyl (C=O) groups is 1. The number of piperidine rings is 1. The molecule has 6 nitrogen and oxygen atoms in total. The predicted octanol–water partition coefficient (Wildman–Crippen LogP) is -1.22. The molecule has 3 atom stereocenters. The van der Waals surface area contributed by atoms with Gasteiger partial charge in [-0.2, -0.15) is 4.90 Å². The van der Waals surface area contributed by atoms with E-state index in [1.807, 2.05) is 51.9 Å². The van der Waals surface area contributed by atoms with Gasteiger partial charge in [-0.25, -0.2) is 4.79 Å². The Morgan fingerprint density at radius 1 is 1.13 bits per heavy atom. The molecule has 1 fully saturated rings. The highest BCUT2D eigenvalue weighted by molar-refractivity contribution is 6.08. The lowest BCUT2D eigenvalue weighted by Gasteiger charge is -2.40. The number of fused-ring (bicyclic) bond motifs is 4. The second kappa shape index (κ2) is 8.03. The van der Waals surface area contributed by atoms with E-state index >= 15 is 0 Å². The Kier molecular flexibility index (Phi) is 5.09. The number of nitrogens with zero attached hydrogens (tertiary/aromatic N) is 2. The standard InChI is InChI=1S/C24H26N4O2/c29-22(27-13-11-25-24(27)19-6-2-1-3-7-19)10-5-12-26-15-18-14-20(17-26)21-8-4-9-23(30)28(21)16-18/h1-10,18,20H,11-17H2/p+2/b10-5+/t18-,20+/m0/s1. The smallest absolute Gasteiger partial charge is 0.331 e. The number of carbonyl (C=O) groups excluding carboxylic acids is 1. The number of aromatic nitrogens is 1. The van der Waals surface area contributed by atoms with Gasteiger partial charge in [0.1, 0.15) is 13.1 Å². The molecule has 3 aliphatic rings. The van der Waals surface area contributed by atoms with Crippen LogP contribution < -0.4 is 15.5 Å². The summed E-state index contributed by atoms with van der Waals surface area (Å²) in [6.45, 7) is 5.22. The van der Waals surface area contributed by atoms with Crippen LogP contribution in [0.3, 0.4) is 0 Å². The molecule has 0 spiro atoms. The van der Waals surface area contributed by atoms with Crippen LogP contribution >= 0.6 is 0 Å². The molecule has 30 heavy (non-hydrogen) atoms. The molecule has 0 radical (unpaired) electrons. The lowest BCUT2D eigenvalue weighted by atomic mass is 9.83. The van der Waals surface area contributed by atoms with Crippen LogP contribution in [0.5, 0.6) is 0 Å². The zero-order valence-electron chi connectivity index (χ0n) is 17.1. The van der Waals surface area contributed by atoms with Gasteiger partial charge in [0.05, 0.1) is 25.2 Å². The molecule has 3 aliphatic heterocycles. The van der Waals surface area contributed by atoms with E-state index in [4.69, 9.17) is 0 Å². The second-order valence-electron chi connectivity index (χ2n) is 8.59. The molecular weight excluding hydrogens is 376 g/mol. The fraction of sp³-hybridized carbons (Fsp3) is 0.375. The lowest BCUT2D eigenvalue weighted by molar-refractivity contribution is -0.905. The number of likely N-dealkylation sites (tertiary alicyclic amines) is 1. The molecule has 2 N–H and O–H groups in total. The van der Waals surface area contributed by atoms with Gasteiger partial charge in [-0.05, 0) is 30.7 Å². The summed E-state index contributed by atoms with van der Waals surface area (Å²) in [6, 6.07) is 15.7. The second-order valence-corrected chi connectivity index (χ2v) is 8.59. The highest BCUT2D eigenvalue weighted by Crippen LogP contribution is 2.29. The molecule has 2 bridgehead atoms. The Morgan fingerprint density at radius 3 is 2.87 bits per heavy atom. The van der Waals surface area contributed by atoms with Crippen molar-refractivity contribution in [1.82, 2.24) is 9.47 Å². The average Bonchev–Trinajstić information content (AvgIpc) is 3.25. The van der Waals surface area contributed by atoms with Crippen molar-refractivity contribution >= 4 is 11.7 Å². The number of hydrogen-bond acceptors (Lipinski definition) is 2. The monoisotopic (exact) mass is 404 g/mol. The van der Waals surface area contributed by atoms with Crippen LogP contribution in [-0.2, 0) is 11.3 Å². The largest absolute Gasteiger partial charge is 0.333 e. The minimum absolute atomic E-state index is 0.0346. The number of pyridine rings is 1. The van der Waals surface area contributed by atoms with E-state index in [0.29, 0.717) is 18.4 Å². The van der Waals surface area contributed by atoms with Crippen molar-refractivity contribution in [3.05, 3.63) is 82.3 Å². The SMILES string of the molecule is O=C(/C=C/C[NH+]1C[C@@H]2C[C@H](C1)c1cccc(=O)n1C2)N1CC[NH+]=C1c1ccccc1. The number of nitrogens with one attached hydrogen (secondary N) is 2. The topological polar surface area (TPSA) is 60.7 Å². The normalized spacial score (nSPS) is 25.3. The maximum Gasteiger partial charge on any atom is 0.333 e. The molecule has 0 saturated carbocycles. The molecule has 0 aliphatic carbocycles. The molecule has 1 aromatic carbocycles. The first-order chi connectivity index (χ1) is 14.7. The summed E-state index contributed by atoms with van der Waals surface area (Å²) >= 11 is 0. The number of rotatable bonds is 4. The van der Waals surface area contributed by atoms with Crippen molar-refractivity contribution in [2.24, 2.45) is 5.92 Å². The number of benzene rings is 1. The lowest BCUT2D eigenvalue weighted by Crippen LogP contribution is -3.14. The average molecular weight is 405 g/mol. The summed E-state index contributed by atoms with van der Waals surface area (Å²) < 4.78 is 1.97. The first kappa shape index (κ1) is 19.0. The highest BCUT2D eigenvalue weighted by Gasteiger charge is 2.37. The van der Waals surface area contributed by atoms with Gasteiger partial charge in [-0.3, -0.25) is 9.79 Å². The van der Waals surface area contributed by atoms with Crippen molar-refractivity contribution < 1.29 is 14.7 Å². The van der Waals surface area contributed by atoms with E-state index in [-0.39, 0.29) is 11.5 Å². The van der Waals surface area contributed by atoms with E-state index in [9.17, 15) is 9.59 Å². The van der Waals surface area contributed by atoms with Crippen LogP contribution in [-0.4, -0.2) is 53.9 Å². The van der Waals surface area contributed by atoms with Crippen molar-refractivity contribution in [2.45, 2.75) is 18.9 Å². The van der Waals surface area contributed by atoms with Crippen molar-refractivity contribution in [3.63, 3.8) is 0 Å². The highest BCUT2D eigenvalue weighted by atomic mass is 16.2. The Balaban J connectivity index is 1.22. The Morgan fingerprint density at radius 2 is 2.00 bits per heavy atom. The van der Waals surface area contributed by atoms with Gasteiger partial charge >= 0.3 is 5.91 Å². The van der Waals surface area contributed by atoms with Crippen molar-refractivity contribution in [3.8, 4) is 0 Å². The van der Waals surface area contributed by atoms with Gasteiger partial charge in [-0.15, -0.1) is 0 Å². The number of hydrogen-bond donors (Lipinski definition) is 2. The van der Waals surface area contributed by atoms with Crippen LogP contribution in [0.1, 0.15) is 23.6 Å². The fourth-order valence-electron chi connectivity index (χ4n) is 5.27. The summed E-state index contributed by atoms with van der Waals surface area (Å²) in [5.74, 6) is 1.90. The van der Waals surface area contributed by atoms with Gasteiger partial charge in [0, 0.05) is 36.2 Å². The van der Waals surface area contributed by atoms with Gasteiger partial charge in [0.15, 0.2) is 0 Å². The van der Waals surface area contributed by atoms with Crippen LogP contribution in [0.4, 0.5) is 0 Å². The van der Waals surface area contributed by atoms with Crippen molar-refractivity contribution in [2.75, 3.05) is 32.7 Å². The Hall–Kier alpha value is -2.99. The maximum absolute atomic E-state index is 12.8. The third-order valence-corrected chi connectivity index (χ3v) is 6.55. The number of amides is 1. The number of quaternary nitrogens is 1.